The van der Waals surface area contributed by atoms with Gasteiger partial charge < -0.3 is 4.42 Å². The van der Waals surface area contributed by atoms with Crippen molar-refractivity contribution in [1.82, 2.24) is 5.43 Å². The van der Waals surface area contributed by atoms with Crippen LogP contribution in [0.5, 0.6) is 0 Å². The second-order valence-electron chi connectivity index (χ2n) is 4.43. The van der Waals surface area contributed by atoms with Crippen LogP contribution >= 0.6 is 0 Å². The molecule has 4 heteroatoms. The summed E-state index contributed by atoms with van der Waals surface area (Å²) in [5.41, 5.74) is 5.06. The van der Waals surface area contributed by atoms with Crippen LogP contribution < -0.4 is 5.43 Å². The van der Waals surface area contributed by atoms with Crippen LogP contribution in [-0.2, 0) is 0 Å². The smallest absolute Gasteiger partial charge is 0.271 e. The molecule has 0 aliphatic heterocycles. The molecule has 1 heterocycles. The number of furan rings is 1. The minimum Gasteiger partial charge on any atom is -0.466 e. The van der Waals surface area contributed by atoms with E-state index in [1.165, 1.54) is 0 Å². The van der Waals surface area contributed by atoms with Crippen molar-refractivity contribution in [3.63, 3.8) is 0 Å². The highest BCUT2D eigenvalue weighted by atomic mass is 16.3. The van der Waals surface area contributed by atoms with Gasteiger partial charge in [-0.2, -0.15) is 5.10 Å². The summed E-state index contributed by atoms with van der Waals surface area (Å²) in [6.07, 6.45) is 1.58. The lowest BCUT2D eigenvalue weighted by Gasteiger charge is -1.99. The molecule has 0 aliphatic carbocycles. The van der Waals surface area contributed by atoms with E-state index >= 15 is 0 Å². The van der Waals surface area contributed by atoms with E-state index < -0.39 is 0 Å². The van der Waals surface area contributed by atoms with Crippen LogP contribution in [0.1, 0.15) is 33.0 Å². The Labute approximate surface area is 112 Å². The van der Waals surface area contributed by atoms with Gasteiger partial charge in [0.25, 0.3) is 5.91 Å². The van der Waals surface area contributed by atoms with Crippen LogP contribution in [0.4, 0.5) is 0 Å². The van der Waals surface area contributed by atoms with E-state index in [9.17, 15) is 4.79 Å². The number of nitrogens with zero attached hydrogens (tertiary/aromatic N) is 1. The van der Waals surface area contributed by atoms with Gasteiger partial charge in [0, 0.05) is 11.1 Å². The van der Waals surface area contributed by atoms with Crippen molar-refractivity contribution in [3.05, 3.63) is 58.5 Å². The van der Waals surface area contributed by atoms with Gasteiger partial charge in [-0.25, -0.2) is 5.43 Å². The van der Waals surface area contributed by atoms with Crippen LogP contribution in [0, 0.1) is 20.8 Å². The lowest BCUT2D eigenvalue weighted by atomic mass is 10.1. The lowest BCUT2D eigenvalue weighted by Crippen LogP contribution is -2.17. The van der Waals surface area contributed by atoms with Gasteiger partial charge in [-0.05, 0) is 39.0 Å². The van der Waals surface area contributed by atoms with Gasteiger partial charge in [0.1, 0.15) is 11.5 Å². The molecule has 1 aromatic heterocycles. The van der Waals surface area contributed by atoms with Crippen LogP contribution in [-0.4, -0.2) is 12.1 Å². The molecule has 1 N–H and O–H groups in total. The zero-order chi connectivity index (χ0) is 13.8. The van der Waals surface area contributed by atoms with E-state index in [4.69, 9.17) is 4.42 Å². The second-order valence-corrected chi connectivity index (χ2v) is 4.43. The fourth-order valence-corrected chi connectivity index (χ4v) is 1.71. The second kappa shape index (κ2) is 5.52. The quantitative estimate of drug-likeness (QED) is 0.678. The van der Waals surface area contributed by atoms with Gasteiger partial charge >= 0.3 is 0 Å². The van der Waals surface area contributed by atoms with Gasteiger partial charge in [-0.1, -0.05) is 17.7 Å². The maximum absolute atomic E-state index is 11.8. The van der Waals surface area contributed by atoms with E-state index in [2.05, 4.69) is 10.5 Å². The predicted molar refractivity (Wildman–Crippen MR) is 74.4 cm³/mol. The molecule has 0 aliphatic rings. The molecule has 0 atom stereocenters. The molecule has 0 saturated carbocycles. The first-order valence-electron chi connectivity index (χ1n) is 6.03. The molecular formula is C15H16N2O2. The van der Waals surface area contributed by atoms with Crippen molar-refractivity contribution >= 4 is 12.1 Å². The number of hydrazone groups is 1. The molecule has 0 saturated heterocycles. The summed E-state index contributed by atoms with van der Waals surface area (Å²) in [5.74, 6) is 1.38. The molecule has 1 amide bonds. The minimum absolute atomic E-state index is 0.228. The zero-order valence-corrected chi connectivity index (χ0v) is 11.2. The first kappa shape index (κ1) is 13.1. The molecule has 19 heavy (non-hydrogen) atoms. The van der Waals surface area contributed by atoms with E-state index in [0.717, 1.165) is 22.6 Å². The first-order valence-corrected chi connectivity index (χ1v) is 6.03. The normalized spacial score (nSPS) is 10.9. The number of rotatable bonds is 3. The van der Waals surface area contributed by atoms with E-state index in [0.29, 0.717) is 5.56 Å². The fraction of sp³-hybridized carbons (Fsp3) is 0.200. The number of carbonyl (C=O) groups is 1. The molecule has 0 radical (unpaired) electrons. The average Bonchev–Trinajstić information content (AvgIpc) is 2.68. The number of aryl methyl sites for hydroxylation is 3. The topological polar surface area (TPSA) is 54.6 Å². The summed E-state index contributed by atoms with van der Waals surface area (Å²) in [5, 5.41) is 3.93. The van der Waals surface area contributed by atoms with Crippen molar-refractivity contribution < 1.29 is 9.21 Å². The minimum atomic E-state index is -0.228. The molecule has 4 nitrogen and oxygen atoms in total. The fourth-order valence-electron chi connectivity index (χ4n) is 1.71. The summed E-state index contributed by atoms with van der Waals surface area (Å²) >= 11 is 0. The SMILES string of the molecule is Cc1ccc(C(=O)N/N=C/c2cc(C)oc2C)cc1. The van der Waals surface area contributed by atoms with E-state index in [1.807, 2.05) is 39.0 Å². The van der Waals surface area contributed by atoms with Crippen LogP contribution in [0.25, 0.3) is 0 Å². The Morgan fingerprint density at radius 3 is 2.47 bits per heavy atom. The van der Waals surface area contributed by atoms with Crippen LogP contribution in [0.2, 0.25) is 0 Å². The molecule has 98 valence electrons. The number of carbonyl (C=O) groups excluding carboxylic acids is 1. The van der Waals surface area contributed by atoms with E-state index in [-0.39, 0.29) is 5.91 Å². The number of nitrogens with one attached hydrogen (secondary N) is 1. The Hall–Kier alpha value is -2.36. The molecule has 0 fully saturated rings. The first-order chi connectivity index (χ1) is 9.06. The number of hydrogen-bond donors (Lipinski definition) is 1. The Balaban J connectivity index is 2.00. The van der Waals surface area contributed by atoms with Gasteiger partial charge in [0.15, 0.2) is 0 Å². The summed E-state index contributed by atoms with van der Waals surface area (Å²) in [6.45, 7) is 5.70. The van der Waals surface area contributed by atoms with Crippen molar-refractivity contribution in [2.45, 2.75) is 20.8 Å². The van der Waals surface area contributed by atoms with Crippen molar-refractivity contribution in [2.24, 2.45) is 5.10 Å². The third-order valence-corrected chi connectivity index (χ3v) is 2.76. The Morgan fingerprint density at radius 2 is 1.89 bits per heavy atom. The van der Waals surface area contributed by atoms with E-state index in [1.54, 1.807) is 18.3 Å². The maximum Gasteiger partial charge on any atom is 0.271 e. The largest absolute Gasteiger partial charge is 0.466 e. The summed E-state index contributed by atoms with van der Waals surface area (Å²) < 4.78 is 5.37. The monoisotopic (exact) mass is 256 g/mol. The average molecular weight is 256 g/mol. The molecule has 1 aromatic carbocycles. The molecule has 0 unspecified atom stereocenters. The number of amides is 1. The Kier molecular flexibility index (Phi) is 3.80. The molecule has 2 aromatic rings. The van der Waals surface area contributed by atoms with Gasteiger partial charge in [-0.3, -0.25) is 4.79 Å². The Morgan fingerprint density at radius 1 is 1.21 bits per heavy atom. The Bertz CT molecular complexity index is 610. The zero-order valence-electron chi connectivity index (χ0n) is 11.2. The summed E-state index contributed by atoms with van der Waals surface area (Å²) in [7, 11) is 0. The summed E-state index contributed by atoms with van der Waals surface area (Å²) in [6, 6.07) is 9.20. The third kappa shape index (κ3) is 3.31. The summed E-state index contributed by atoms with van der Waals surface area (Å²) in [4.78, 5) is 11.8. The van der Waals surface area contributed by atoms with Crippen LogP contribution in [0.3, 0.4) is 0 Å². The molecular weight excluding hydrogens is 240 g/mol. The van der Waals surface area contributed by atoms with Crippen molar-refractivity contribution in [1.29, 1.82) is 0 Å². The highest BCUT2D eigenvalue weighted by Crippen LogP contribution is 2.10. The van der Waals surface area contributed by atoms with Gasteiger partial charge in [-0.15, -0.1) is 0 Å². The highest BCUT2D eigenvalue weighted by Gasteiger charge is 2.04. The van der Waals surface area contributed by atoms with Crippen molar-refractivity contribution in [3.8, 4) is 0 Å². The maximum atomic E-state index is 11.8. The van der Waals surface area contributed by atoms with Gasteiger partial charge in [0.2, 0.25) is 0 Å². The van der Waals surface area contributed by atoms with Gasteiger partial charge in [0.05, 0.1) is 6.21 Å². The number of hydrogen-bond acceptors (Lipinski definition) is 3. The predicted octanol–water partition coefficient (Wildman–Crippen LogP) is 2.97. The standard InChI is InChI=1S/C15H16N2O2/c1-10-4-6-13(7-5-10)15(18)17-16-9-14-8-11(2)19-12(14)3/h4-9H,1-3H3,(H,17,18)/b16-9+. The number of benzene rings is 1. The lowest BCUT2D eigenvalue weighted by molar-refractivity contribution is 0.0955. The third-order valence-electron chi connectivity index (χ3n) is 2.76. The molecule has 0 bridgehead atoms. The van der Waals surface area contributed by atoms with Crippen molar-refractivity contribution in [2.75, 3.05) is 0 Å². The molecule has 2 rings (SSSR count). The molecule has 0 spiro atoms. The van der Waals surface area contributed by atoms with Crippen LogP contribution in [0.15, 0.2) is 39.9 Å². The highest BCUT2D eigenvalue weighted by molar-refractivity contribution is 5.94.